The first-order valence-electron chi connectivity index (χ1n) is 4.52. The van der Waals surface area contributed by atoms with E-state index in [1.165, 1.54) is 6.92 Å². The van der Waals surface area contributed by atoms with Gasteiger partial charge in [-0.15, -0.1) is 0 Å². The van der Waals surface area contributed by atoms with E-state index in [1.54, 1.807) is 6.92 Å². The highest BCUT2D eigenvalue weighted by atomic mass is 16.4. The summed E-state index contributed by atoms with van der Waals surface area (Å²) in [4.78, 5) is 21.6. The number of carbonyl (C=O) groups is 2. The number of hydrogen-bond acceptors (Lipinski definition) is 3. The van der Waals surface area contributed by atoms with Crippen molar-refractivity contribution in [3.05, 3.63) is 0 Å². The third kappa shape index (κ3) is 4.04. The van der Waals surface area contributed by atoms with Gasteiger partial charge in [-0.3, -0.25) is 9.59 Å². The van der Waals surface area contributed by atoms with Crippen LogP contribution in [-0.2, 0) is 9.59 Å². The number of rotatable bonds is 6. The van der Waals surface area contributed by atoms with E-state index in [9.17, 15) is 9.59 Å². The fourth-order valence-electron chi connectivity index (χ4n) is 1.19. The lowest BCUT2D eigenvalue weighted by molar-refractivity contribution is -0.138. The maximum absolute atomic E-state index is 11.3. The van der Waals surface area contributed by atoms with Crippen LogP contribution in [0.1, 0.15) is 39.5 Å². The number of carbonyl (C=O) groups excluding carboxylic acids is 1. The van der Waals surface area contributed by atoms with E-state index in [-0.39, 0.29) is 18.6 Å². The van der Waals surface area contributed by atoms with Crippen LogP contribution in [0.3, 0.4) is 0 Å². The van der Waals surface area contributed by atoms with Crippen molar-refractivity contribution in [1.82, 2.24) is 0 Å². The largest absolute Gasteiger partial charge is 0.481 e. The second-order valence-electron chi connectivity index (χ2n) is 3.67. The van der Waals surface area contributed by atoms with E-state index in [0.717, 1.165) is 0 Å². The number of carboxylic acids is 1. The molecule has 0 heterocycles. The predicted octanol–water partition coefficient (Wildman–Crippen LogP) is 1.75. The molecule has 0 aliphatic carbocycles. The van der Waals surface area contributed by atoms with Crippen LogP contribution in [0.2, 0.25) is 0 Å². The Bertz CT molecular complexity index is 267. The maximum atomic E-state index is 11.3. The van der Waals surface area contributed by atoms with E-state index in [2.05, 4.69) is 0 Å². The number of nitrogens with zero attached hydrogens (tertiary/aromatic N) is 1. The second kappa shape index (κ2) is 5.38. The Balaban J connectivity index is 4.33. The molecule has 1 N–H and O–H groups in total. The molecule has 0 aliphatic heterocycles. The van der Waals surface area contributed by atoms with E-state index >= 15 is 0 Å². The van der Waals surface area contributed by atoms with E-state index in [1.807, 2.05) is 6.07 Å². The molecule has 0 rings (SSSR count). The van der Waals surface area contributed by atoms with Crippen molar-refractivity contribution in [2.75, 3.05) is 0 Å². The topological polar surface area (TPSA) is 78.2 Å². The zero-order valence-corrected chi connectivity index (χ0v) is 8.54. The molecule has 0 radical (unpaired) electrons. The van der Waals surface area contributed by atoms with Crippen LogP contribution < -0.4 is 0 Å². The van der Waals surface area contributed by atoms with E-state index in [0.29, 0.717) is 12.8 Å². The summed E-state index contributed by atoms with van der Waals surface area (Å²) in [7, 11) is 0. The zero-order valence-electron chi connectivity index (χ0n) is 8.54. The minimum atomic E-state index is -0.908. The van der Waals surface area contributed by atoms with Gasteiger partial charge in [-0.2, -0.15) is 5.26 Å². The first-order valence-corrected chi connectivity index (χ1v) is 4.52. The molecule has 78 valence electrons. The molecular formula is C10H15NO3. The lowest BCUT2D eigenvalue weighted by atomic mass is 9.78. The molecule has 0 saturated carbocycles. The molecule has 0 aromatic rings. The molecule has 1 unspecified atom stereocenters. The van der Waals surface area contributed by atoms with Gasteiger partial charge >= 0.3 is 5.97 Å². The SMILES string of the molecule is CC(=O)C(C)(CCC#N)CCC(=O)O. The number of hydrogen-bond donors (Lipinski definition) is 1. The highest BCUT2D eigenvalue weighted by Gasteiger charge is 2.29. The Morgan fingerprint density at radius 2 is 2.00 bits per heavy atom. The van der Waals surface area contributed by atoms with Gasteiger partial charge in [0.15, 0.2) is 0 Å². The quantitative estimate of drug-likeness (QED) is 0.703. The van der Waals surface area contributed by atoms with Gasteiger partial charge in [0.1, 0.15) is 5.78 Å². The summed E-state index contributed by atoms with van der Waals surface area (Å²) in [5.41, 5.74) is -0.659. The fraction of sp³-hybridized carbons (Fsp3) is 0.700. The number of carboxylic acid groups (broad SMARTS) is 1. The van der Waals surface area contributed by atoms with E-state index < -0.39 is 11.4 Å². The predicted molar refractivity (Wildman–Crippen MR) is 50.5 cm³/mol. The van der Waals surface area contributed by atoms with Crippen molar-refractivity contribution in [3.63, 3.8) is 0 Å². The summed E-state index contributed by atoms with van der Waals surface area (Å²) >= 11 is 0. The Kier molecular flexibility index (Phi) is 4.85. The van der Waals surface area contributed by atoms with Crippen LogP contribution in [0.25, 0.3) is 0 Å². The van der Waals surface area contributed by atoms with Gasteiger partial charge in [-0.1, -0.05) is 6.92 Å². The smallest absolute Gasteiger partial charge is 0.303 e. The highest BCUT2D eigenvalue weighted by Crippen LogP contribution is 2.30. The normalized spacial score (nSPS) is 14.1. The number of ketones is 1. The first-order chi connectivity index (χ1) is 6.42. The van der Waals surface area contributed by atoms with Gasteiger partial charge < -0.3 is 5.11 Å². The van der Waals surface area contributed by atoms with Crippen LogP contribution in [0.5, 0.6) is 0 Å². The fourth-order valence-corrected chi connectivity index (χ4v) is 1.19. The summed E-state index contributed by atoms with van der Waals surface area (Å²) in [5, 5.41) is 16.9. The summed E-state index contributed by atoms with van der Waals surface area (Å²) in [6.45, 7) is 3.16. The van der Waals surface area contributed by atoms with Gasteiger partial charge in [-0.25, -0.2) is 0 Å². The molecule has 4 heteroatoms. The molecule has 0 aromatic heterocycles. The van der Waals surface area contributed by atoms with Gasteiger partial charge in [0.2, 0.25) is 0 Å². The molecule has 0 fully saturated rings. The lowest BCUT2D eigenvalue weighted by Gasteiger charge is -2.24. The van der Waals surface area contributed by atoms with Gasteiger partial charge in [0, 0.05) is 18.3 Å². The average molecular weight is 197 g/mol. The third-order valence-electron chi connectivity index (χ3n) is 2.53. The molecular weight excluding hydrogens is 182 g/mol. The molecule has 4 nitrogen and oxygen atoms in total. The van der Waals surface area contributed by atoms with Crippen molar-refractivity contribution in [2.45, 2.75) is 39.5 Å². The number of aliphatic carboxylic acids is 1. The molecule has 0 amide bonds. The standard InChI is InChI=1S/C10H15NO3/c1-8(12)10(2,5-3-7-11)6-4-9(13)14/h3-6H2,1-2H3,(H,13,14). The molecule has 0 spiro atoms. The van der Waals surface area contributed by atoms with Crippen molar-refractivity contribution in [3.8, 4) is 6.07 Å². The summed E-state index contributed by atoms with van der Waals surface area (Å²) < 4.78 is 0. The second-order valence-corrected chi connectivity index (χ2v) is 3.67. The van der Waals surface area contributed by atoms with Crippen molar-refractivity contribution in [1.29, 1.82) is 5.26 Å². The minimum Gasteiger partial charge on any atom is -0.481 e. The van der Waals surface area contributed by atoms with Gasteiger partial charge in [0.05, 0.1) is 6.07 Å². The first kappa shape index (κ1) is 12.6. The average Bonchev–Trinajstić information content (AvgIpc) is 2.11. The van der Waals surface area contributed by atoms with Crippen LogP contribution >= 0.6 is 0 Å². The molecule has 14 heavy (non-hydrogen) atoms. The Morgan fingerprint density at radius 1 is 1.43 bits per heavy atom. The highest BCUT2D eigenvalue weighted by molar-refractivity contribution is 5.82. The Morgan fingerprint density at radius 3 is 2.36 bits per heavy atom. The van der Waals surface area contributed by atoms with Crippen LogP contribution in [0.4, 0.5) is 0 Å². The zero-order chi connectivity index (χ0) is 11.2. The lowest BCUT2D eigenvalue weighted by Crippen LogP contribution is -2.26. The van der Waals surface area contributed by atoms with E-state index in [4.69, 9.17) is 10.4 Å². The minimum absolute atomic E-state index is 0.0263. The summed E-state index contributed by atoms with van der Waals surface area (Å²) in [6, 6.07) is 1.97. The van der Waals surface area contributed by atoms with Gasteiger partial charge in [-0.05, 0) is 19.8 Å². The van der Waals surface area contributed by atoms with Gasteiger partial charge in [0.25, 0.3) is 0 Å². The van der Waals surface area contributed by atoms with Crippen molar-refractivity contribution in [2.24, 2.45) is 5.41 Å². The molecule has 0 aliphatic rings. The summed E-state index contributed by atoms with van der Waals surface area (Å²) in [6.07, 6.45) is 1.00. The molecule has 0 bridgehead atoms. The molecule has 0 aromatic carbocycles. The van der Waals surface area contributed by atoms with Crippen LogP contribution in [-0.4, -0.2) is 16.9 Å². The third-order valence-corrected chi connectivity index (χ3v) is 2.53. The Labute approximate surface area is 83.5 Å². The molecule has 1 atom stereocenters. The molecule has 0 saturated heterocycles. The maximum Gasteiger partial charge on any atom is 0.303 e. The summed E-state index contributed by atoms with van der Waals surface area (Å²) in [5.74, 6) is -0.955. The van der Waals surface area contributed by atoms with Crippen molar-refractivity contribution >= 4 is 11.8 Å². The Hall–Kier alpha value is -1.37. The van der Waals surface area contributed by atoms with Crippen molar-refractivity contribution < 1.29 is 14.7 Å². The number of Topliss-reactive ketones (excluding diaryl/α,β-unsaturated/α-hetero) is 1. The monoisotopic (exact) mass is 197 g/mol. The van der Waals surface area contributed by atoms with Crippen LogP contribution in [0.15, 0.2) is 0 Å². The van der Waals surface area contributed by atoms with Crippen LogP contribution in [0, 0.1) is 16.7 Å². The number of nitriles is 1.